The molecule has 1 aromatic heterocycles. The highest BCUT2D eigenvalue weighted by atomic mass is 79.9. The first kappa shape index (κ1) is 29.4. The Morgan fingerprint density at radius 2 is 1.55 bits per heavy atom. The SMILES string of the molecule is CCCCCN(CC(=O)N(CCCC)Cc1cccn1Cc1ccc(Br)cc1)C(=O)/C=C/c1ccccc1. The molecule has 0 bridgehead atoms. The second-order valence-electron chi connectivity index (χ2n) is 9.63. The molecule has 0 unspecified atom stereocenters. The Labute approximate surface area is 236 Å². The normalized spacial score (nSPS) is 11.1. The van der Waals surface area contributed by atoms with E-state index in [1.165, 1.54) is 5.56 Å². The van der Waals surface area contributed by atoms with Crippen molar-refractivity contribution in [3.8, 4) is 0 Å². The van der Waals surface area contributed by atoms with E-state index in [0.717, 1.165) is 54.4 Å². The summed E-state index contributed by atoms with van der Waals surface area (Å²) in [6.07, 6.45) is 10.4. The Kier molecular flexibility index (Phi) is 12.4. The topological polar surface area (TPSA) is 45.6 Å². The Morgan fingerprint density at radius 1 is 0.842 bits per heavy atom. The summed E-state index contributed by atoms with van der Waals surface area (Å²) in [7, 11) is 0. The molecule has 0 aliphatic carbocycles. The van der Waals surface area contributed by atoms with Crippen LogP contribution in [-0.4, -0.2) is 45.8 Å². The van der Waals surface area contributed by atoms with Crippen LogP contribution in [-0.2, 0) is 22.7 Å². The summed E-state index contributed by atoms with van der Waals surface area (Å²) in [6.45, 7) is 6.90. The van der Waals surface area contributed by atoms with Gasteiger partial charge in [-0.2, -0.15) is 0 Å². The second-order valence-corrected chi connectivity index (χ2v) is 10.5. The quantitative estimate of drug-likeness (QED) is 0.142. The van der Waals surface area contributed by atoms with E-state index in [4.69, 9.17) is 0 Å². The molecule has 0 fully saturated rings. The molecule has 0 saturated carbocycles. The molecule has 0 atom stereocenters. The van der Waals surface area contributed by atoms with Crippen molar-refractivity contribution >= 4 is 33.8 Å². The number of benzene rings is 2. The van der Waals surface area contributed by atoms with Gasteiger partial charge in [0.25, 0.3) is 0 Å². The number of carbonyl (C=O) groups excluding carboxylic acids is 2. The number of halogens is 1. The smallest absolute Gasteiger partial charge is 0.247 e. The Hall–Kier alpha value is -3.12. The summed E-state index contributed by atoms with van der Waals surface area (Å²) < 4.78 is 3.25. The third kappa shape index (κ3) is 9.64. The zero-order valence-corrected chi connectivity index (χ0v) is 24.3. The first-order chi connectivity index (χ1) is 18.5. The van der Waals surface area contributed by atoms with Crippen molar-refractivity contribution in [2.75, 3.05) is 19.6 Å². The standard InChI is InChI=1S/C32H40BrN3O2/c1-3-5-10-22-36(31(37)20-17-27-12-8-7-9-13-27)26-32(38)35(21-6-4-2)25-30-14-11-23-34(30)24-28-15-18-29(33)19-16-28/h7-9,11-20,23H,3-6,10,21-22,24-26H2,1-2H3/b20-17+. The average molecular weight is 579 g/mol. The lowest BCUT2D eigenvalue weighted by Crippen LogP contribution is -2.43. The van der Waals surface area contributed by atoms with Crippen LogP contribution in [0.5, 0.6) is 0 Å². The third-order valence-electron chi connectivity index (χ3n) is 6.56. The third-order valence-corrected chi connectivity index (χ3v) is 7.09. The van der Waals surface area contributed by atoms with E-state index >= 15 is 0 Å². The predicted molar refractivity (Wildman–Crippen MR) is 160 cm³/mol. The first-order valence-electron chi connectivity index (χ1n) is 13.7. The van der Waals surface area contributed by atoms with Crippen molar-refractivity contribution in [3.05, 3.63) is 100 Å². The molecule has 0 aliphatic rings. The van der Waals surface area contributed by atoms with E-state index in [2.05, 4.69) is 58.7 Å². The first-order valence-corrected chi connectivity index (χ1v) is 14.5. The molecular weight excluding hydrogens is 538 g/mol. The lowest BCUT2D eigenvalue weighted by atomic mass is 10.2. The minimum atomic E-state index is -0.118. The van der Waals surface area contributed by atoms with Crippen molar-refractivity contribution in [3.63, 3.8) is 0 Å². The van der Waals surface area contributed by atoms with Crippen molar-refractivity contribution in [1.29, 1.82) is 0 Å². The van der Waals surface area contributed by atoms with Crippen molar-refractivity contribution in [1.82, 2.24) is 14.4 Å². The number of rotatable bonds is 15. The van der Waals surface area contributed by atoms with E-state index in [9.17, 15) is 9.59 Å². The van der Waals surface area contributed by atoms with Gasteiger partial charge in [-0.1, -0.05) is 91.5 Å². The minimum absolute atomic E-state index is 0.00667. The zero-order chi connectivity index (χ0) is 27.2. The van der Waals surface area contributed by atoms with Crippen LogP contribution in [0.2, 0.25) is 0 Å². The molecule has 5 nitrogen and oxygen atoms in total. The molecule has 0 aliphatic heterocycles. The molecule has 0 saturated heterocycles. The Bertz CT molecular complexity index is 1150. The zero-order valence-electron chi connectivity index (χ0n) is 22.7. The number of carbonyl (C=O) groups is 2. The van der Waals surface area contributed by atoms with E-state index in [1.54, 1.807) is 11.0 Å². The number of aromatic nitrogens is 1. The summed E-state index contributed by atoms with van der Waals surface area (Å²) in [5.74, 6) is -0.125. The molecule has 3 rings (SSSR count). The monoisotopic (exact) mass is 577 g/mol. The van der Waals surface area contributed by atoms with Crippen LogP contribution >= 0.6 is 15.9 Å². The van der Waals surface area contributed by atoms with E-state index in [0.29, 0.717) is 19.6 Å². The maximum Gasteiger partial charge on any atom is 0.247 e. The van der Waals surface area contributed by atoms with Gasteiger partial charge < -0.3 is 14.4 Å². The highest BCUT2D eigenvalue weighted by molar-refractivity contribution is 9.10. The van der Waals surface area contributed by atoms with Crippen molar-refractivity contribution < 1.29 is 9.59 Å². The van der Waals surface area contributed by atoms with Gasteiger partial charge in [0.2, 0.25) is 11.8 Å². The molecule has 0 N–H and O–H groups in total. The molecule has 3 aromatic rings. The summed E-state index contributed by atoms with van der Waals surface area (Å²) in [4.78, 5) is 30.4. The minimum Gasteiger partial charge on any atom is -0.345 e. The lowest BCUT2D eigenvalue weighted by Gasteiger charge is -2.28. The summed E-state index contributed by atoms with van der Waals surface area (Å²) in [6, 6.07) is 22.2. The molecule has 38 heavy (non-hydrogen) atoms. The van der Waals surface area contributed by atoms with Crippen molar-refractivity contribution in [2.45, 2.75) is 59.0 Å². The molecule has 2 aromatic carbocycles. The fourth-order valence-electron chi connectivity index (χ4n) is 4.29. The van der Waals surface area contributed by atoms with Gasteiger partial charge in [-0.05, 0) is 54.3 Å². The van der Waals surface area contributed by atoms with Crippen LogP contribution in [0.4, 0.5) is 0 Å². The van der Waals surface area contributed by atoms with Gasteiger partial charge in [0.05, 0.1) is 6.54 Å². The van der Waals surface area contributed by atoms with Gasteiger partial charge in [0.1, 0.15) is 6.54 Å². The number of amides is 2. The second kappa shape index (κ2) is 16.0. The summed E-state index contributed by atoms with van der Waals surface area (Å²) >= 11 is 3.50. The van der Waals surface area contributed by atoms with Crippen LogP contribution in [0.25, 0.3) is 6.08 Å². The molecule has 0 radical (unpaired) electrons. The fraction of sp³-hybridized carbons (Fsp3) is 0.375. The fourth-order valence-corrected chi connectivity index (χ4v) is 4.55. The van der Waals surface area contributed by atoms with Crippen LogP contribution in [0.15, 0.2) is 83.5 Å². The largest absolute Gasteiger partial charge is 0.345 e. The highest BCUT2D eigenvalue weighted by Crippen LogP contribution is 2.15. The number of unbranched alkanes of at least 4 members (excludes halogenated alkanes) is 3. The van der Waals surface area contributed by atoms with E-state index in [-0.39, 0.29) is 18.4 Å². The van der Waals surface area contributed by atoms with Gasteiger partial charge in [-0.25, -0.2) is 0 Å². The van der Waals surface area contributed by atoms with Gasteiger partial charge in [-0.3, -0.25) is 9.59 Å². The Morgan fingerprint density at radius 3 is 2.26 bits per heavy atom. The highest BCUT2D eigenvalue weighted by Gasteiger charge is 2.21. The van der Waals surface area contributed by atoms with Crippen LogP contribution in [0, 0.1) is 0 Å². The molecular formula is C32H40BrN3O2. The van der Waals surface area contributed by atoms with Crippen molar-refractivity contribution in [2.24, 2.45) is 0 Å². The summed E-state index contributed by atoms with van der Waals surface area (Å²) in [5.41, 5.74) is 3.26. The van der Waals surface area contributed by atoms with E-state index in [1.807, 2.05) is 59.5 Å². The maximum atomic E-state index is 13.6. The predicted octanol–water partition coefficient (Wildman–Crippen LogP) is 7.16. The van der Waals surface area contributed by atoms with Crippen LogP contribution < -0.4 is 0 Å². The molecule has 202 valence electrons. The molecule has 1 heterocycles. The number of hydrogen-bond acceptors (Lipinski definition) is 2. The van der Waals surface area contributed by atoms with Gasteiger partial charge >= 0.3 is 0 Å². The van der Waals surface area contributed by atoms with E-state index < -0.39 is 0 Å². The van der Waals surface area contributed by atoms with Crippen LogP contribution in [0.3, 0.4) is 0 Å². The average Bonchev–Trinajstić information content (AvgIpc) is 3.37. The van der Waals surface area contributed by atoms with Gasteiger partial charge in [0.15, 0.2) is 0 Å². The molecule has 2 amide bonds. The molecule has 6 heteroatoms. The van der Waals surface area contributed by atoms with Gasteiger partial charge in [0, 0.05) is 42.1 Å². The lowest BCUT2D eigenvalue weighted by molar-refractivity contribution is -0.138. The summed E-state index contributed by atoms with van der Waals surface area (Å²) in [5, 5.41) is 0. The van der Waals surface area contributed by atoms with Gasteiger partial charge in [-0.15, -0.1) is 0 Å². The van der Waals surface area contributed by atoms with Crippen LogP contribution in [0.1, 0.15) is 62.8 Å². The Balaban J connectivity index is 1.72. The molecule has 0 spiro atoms. The number of hydrogen-bond donors (Lipinski definition) is 0. The maximum absolute atomic E-state index is 13.6. The number of nitrogens with zero attached hydrogens (tertiary/aromatic N) is 3.